The zero-order chi connectivity index (χ0) is 6.99. The van der Waals surface area contributed by atoms with Crippen molar-refractivity contribution in [3.05, 3.63) is 18.6 Å². The van der Waals surface area contributed by atoms with E-state index in [2.05, 4.69) is 27.7 Å². The van der Waals surface area contributed by atoms with Crippen LogP contribution in [0.5, 0.6) is 0 Å². The molecule has 0 rings (SSSR count). The summed E-state index contributed by atoms with van der Waals surface area (Å²) in [5.74, 6) is 1.42. The van der Waals surface area contributed by atoms with Gasteiger partial charge in [0.25, 0.3) is 0 Å². The van der Waals surface area contributed by atoms with Gasteiger partial charge in [0.05, 0.1) is 0 Å². The maximum atomic E-state index is 6.39. The molecule has 1 nitrogen and oxygen atoms in total. The minimum absolute atomic E-state index is 0. The standard InChI is InChI=1S/C4H9.C3H7N.W/c1-4(2)3;1-2-3-4;/h1-3H3;4H,1-3H2;/q-1;-2;. The van der Waals surface area contributed by atoms with Gasteiger partial charge in [0.1, 0.15) is 0 Å². The molecule has 0 unspecified atom stereocenters. The molecule has 0 bridgehead atoms. The molecule has 1 N–H and O–H groups in total. The summed E-state index contributed by atoms with van der Waals surface area (Å²) in [6.07, 6.45) is 0.736. The van der Waals surface area contributed by atoms with Gasteiger partial charge in [-0.2, -0.15) is 27.3 Å². The van der Waals surface area contributed by atoms with Crippen molar-refractivity contribution in [1.82, 2.24) is 0 Å². The van der Waals surface area contributed by atoms with Crippen LogP contribution >= 0.6 is 0 Å². The largest absolute Gasteiger partial charge is 0.679 e. The Morgan fingerprint density at radius 1 is 1.33 bits per heavy atom. The van der Waals surface area contributed by atoms with Crippen molar-refractivity contribution in [2.24, 2.45) is 0 Å². The van der Waals surface area contributed by atoms with Gasteiger partial charge in [-0.05, 0) is 0 Å². The van der Waals surface area contributed by atoms with Crippen LogP contribution in [0, 0.1) is 12.8 Å². The quantitative estimate of drug-likeness (QED) is 0.665. The first-order valence-corrected chi connectivity index (χ1v) is 2.85. The van der Waals surface area contributed by atoms with Gasteiger partial charge in [-0.3, -0.25) is 0 Å². The second-order valence-corrected chi connectivity index (χ2v) is 2.10. The molecule has 0 aliphatic heterocycles. The van der Waals surface area contributed by atoms with Gasteiger partial charge in [0, 0.05) is 21.1 Å². The predicted octanol–water partition coefficient (Wildman–Crippen LogP) is 2.88. The molecule has 9 heavy (non-hydrogen) atoms. The normalized spacial score (nSPS) is 7.33. The molecule has 0 aliphatic rings. The van der Waals surface area contributed by atoms with E-state index in [4.69, 9.17) is 5.73 Å². The van der Waals surface area contributed by atoms with E-state index in [0.29, 0.717) is 6.54 Å². The van der Waals surface area contributed by atoms with Gasteiger partial charge >= 0.3 is 0 Å². The SMILES string of the molecule is C[C-](C)C.[CH2-]CC[NH-].[W]. The van der Waals surface area contributed by atoms with E-state index in [-0.39, 0.29) is 21.1 Å². The molecule has 0 aromatic heterocycles. The first kappa shape index (κ1) is 16.3. The van der Waals surface area contributed by atoms with Crippen LogP contribution in [0.25, 0.3) is 5.73 Å². The molecule has 0 aromatic carbocycles. The maximum absolute atomic E-state index is 6.39. The first-order valence-electron chi connectivity index (χ1n) is 2.85. The van der Waals surface area contributed by atoms with Gasteiger partial charge in [-0.25, -0.2) is 6.42 Å². The van der Waals surface area contributed by atoms with Crippen molar-refractivity contribution >= 4 is 0 Å². The second kappa shape index (κ2) is 15.9. The number of nitrogens with one attached hydrogen (secondary N) is 1. The molecule has 0 aliphatic carbocycles. The van der Waals surface area contributed by atoms with Crippen molar-refractivity contribution in [2.75, 3.05) is 6.54 Å². The summed E-state index contributed by atoms with van der Waals surface area (Å²) in [5.41, 5.74) is 6.39. The van der Waals surface area contributed by atoms with Crippen molar-refractivity contribution in [3.8, 4) is 0 Å². The van der Waals surface area contributed by atoms with E-state index in [1.807, 2.05) is 0 Å². The van der Waals surface area contributed by atoms with Crippen LogP contribution in [0.15, 0.2) is 0 Å². The average molecular weight is 298 g/mol. The van der Waals surface area contributed by atoms with Crippen LogP contribution in [0.1, 0.15) is 27.2 Å². The molecule has 0 spiro atoms. The molecule has 0 saturated heterocycles. The van der Waals surface area contributed by atoms with Gasteiger partial charge in [0.15, 0.2) is 0 Å². The zero-order valence-electron chi connectivity index (χ0n) is 6.53. The third-order valence-electron chi connectivity index (χ3n) is 0.177. The Hall–Kier alpha value is 0.648. The summed E-state index contributed by atoms with van der Waals surface area (Å²) < 4.78 is 0. The third-order valence-corrected chi connectivity index (χ3v) is 0.177. The predicted molar refractivity (Wildman–Crippen MR) is 39.4 cm³/mol. The van der Waals surface area contributed by atoms with Crippen LogP contribution in [-0.4, -0.2) is 6.54 Å². The number of rotatable bonds is 1. The third kappa shape index (κ3) is 141. The van der Waals surface area contributed by atoms with E-state index in [1.165, 1.54) is 5.92 Å². The summed E-state index contributed by atoms with van der Waals surface area (Å²) in [5, 5.41) is 0. The fourth-order valence-corrected chi connectivity index (χ4v) is 0. The second-order valence-electron chi connectivity index (χ2n) is 2.10. The molecule has 0 saturated carbocycles. The van der Waals surface area contributed by atoms with Gasteiger partial charge in [-0.15, -0.1) is 0 Å². The maximum Gasteiger partial charge on any atom is 0 e. The summed E-state index contributed by atoms with van der Waals surface area (Å²) in [6, 6.07) is 0. The minimum atomic E-state index is 0. The Morgan fingerprint density at radius 2 is 1.44 bits per heavy atom. The summed E-state index contributed by atoms with van der Waals surface area (Å²) >= 11 is 0. The molecule has 58 valence electrons. The molecule has 0 aromatic rings. The molecule has 0 amide bonds. The molecule has 2 heteroatoms. The van der Waals surface area contributed by atoms with Crippen molar-refractivity contribution in [3.63, 3.8) is 0 Å². The van der Waals surface area contributed by atoms with Crippen LogP contribution in [0.4, 0.5) is 0 Å². The van der Waals surface area contributed by atoms with E-state index in [9.17, 15) is 0 Å². The van der Waals surface area contributed by atoms with Gasteiger partial charge in [0.2, 0.25) is 0 Å². The van der Waals surface area contributed by atoms with Crippen LogP contribution in [-0.2, 0) is 21.1 Å². The average Bonchev–Trinajstić information content (AvgIpc) is 1.65. The van der Waals surface area contributed by atoms with E-state index in [0.717, 1.165) is 6.42 Å². The summed E-state index contributed by atoms with van der Waals surface area (Å²) in [4.78, 5) is 0. The van der Waals surface area contributed by atoms with E-state index in [1.54, 1.807) is 0 Å². The molecular formula is C7H16NW-3. The summed E-state index contributed by atoms with van der Waals surface area (Å²) in [7, 11) is 0. The van der Waals surface area contributed by atoms with Crippen LogP contribution < -0.4 is 0 Å². The van der Waals surface area contributed by atoms with Crippen molar-refractivity contribution in [1.29, 1.82) is 0 Å². The first-order chi connectivity index (χ1) is 3.65. The molecule has 0 fully saturated rings. The van der Waals surface area contributed by atoms with Gasteiger partial charge in [-0.1, -0.05) is 0 Å². The van der Waals surface area contributed by atoms with Crippen LogP contribution in [0.3, 0.4) is 0 Å². The van der Waals surface area contributed by atoms with Crippen molar-refractivity contribution in [2.45, 2.75) is 27.2 Å². The Balaban J connectivity index is -0.0000000720. The Kier molecular flexibility index (Phi) is 28.8. The number of hydrogen-bond acceptors (Lipinski definition) is 0. The fourth-order valence-electron chi connectivity index (χ4n) is 0. The van der Waals surface area contributed by atoms with E-state index >= 15 is 0 Å². The monoisotopic (exact) mass is 298 g/mol. The molecule has 0 radical (unpaired) electrons. The zero-order valence-corrected chi connectivity index (χ0v) is 9.46. The molecule has 0 atom stereocenters. The Labute approximate surface area is 73.7 Å². The van der Waals surface area contributed by atoms with Crippen LogP contribution in [0.2, 0.25) is 0 Å². The van der Waals surface area contributed by atoms with Gasteiger partial charge < -0.3 is 18.6 Å². The molecular weight excluding hydrogens is 282 g/mol. The Morgan fingerprint density at radius 3 is 1.44 bits per heavy atom. The topological polar surface area (TPSA) is 23.8 Å². The molecule has 0 heterocycles. The smallest absolute Gasteiger partial charge is 0 e. The van der Waals surface area contributed by atoms with E-state index < -0.39 is 0 Å². The Bertz CT molecular complexity index is 25.3. The number of hydrogen-bond donors (Lipinski definition) is 0. The minimum Gasteiger partial charge on any atom is -0.679 e. The van der Waals surface area contributed by atoms with Crippen molar-refractivity contribution < 1.29 is 21.1 Å². The fraction of sp³-hybridized carbons (Fsp3) is 0.714. The summed E-state index contributed by atoms with van der Waals surface area (Å²) in [6.45, 7) is 10.1.